The summed E-state index contributed by atoms with van der Waals surface area (Å²) in [5.74, 6) is -0.177. The van der Waals surface area contributed by atoms with Gasteiger partial charge in [0.05, 0.1) is 41.4 Å². The van der Waals surface area contributed by atoms with Gasteiger partial charge in [0.25, 0.3) is 5.91 Å². The molecule has 0 aliphatic heterocycles. The van der Waals surface area contributed by atoms with Gasteiger partial charge in [0, 0.05) is 0 Å². The van der Waals surface area contributed by atoms with Crippen molar-refractivity contribution in [3.05, 3.63) is 58.2 Å². The number of nitrogens with one attached hydrogen (secondary N) is 1. The third-order valence-electron chi connectivity index (χ3n) is 4.92. The second-order valence-corrected chi connectivity index (χ2v) is 7.12. The minimum atomic E-state index is -0.177. The van der Waals surface area contributed by atoms with E-state index in [0.29, 0.717) is 12.2 Å². The molecule has 7 nitrogen and oxygen atoms in total. The Hall–Kier alpha value is -2.61. The molecule has 4 rings (SSSR count). The molecule has 1 atom stereocenters. The molecule has 1 N–H and O–H groups in total. The summed E-state index contributed by atoms with van der Waals surface area (Å²) >= 11 is 1.18. The van der Waals surface area contributed by atoms with Crippen molar-refractivity contribution in [3.63, 3.8) is 0 Å². The van der Waals surface area contributed by atoms with Gasteiger partial charge in [0.1, 0.15) is 0 Å². The zero-order valence-corrected chi connectivity index (χ0v) is 15.6. The maximum Gasteiger partial charge on any atom is 0.274 e. The van der Waals surface area contributed by atoms with Gasteiger partial charge >= 0.3 is 0 Å². The van der Waals surface area contributed by atoms with E-state index in [0.717, 1.165) is 36.3 Å². The van der Waals surface area contributed by atoms with Crippen molar-refractivity contribution in [1.29, 1.82) is 0 Å². The minimum absolute atomic E-state index is 0.0296. The van der Waals surface area contributed by atoms with Crippen LogP contribution in [0.2, 0.25) is 0 Å². The molecule has 0 bridgehead atoms. The van der Waals surface area contributed by atoms with Gasteiger partial charge in [-0.25, -0.2) is 4.68 Å². The van der Waals surface area contributed by atoms with Gasteiger partial charge in [-0.2, -0.15) is 8.75 Å². The van der Waals surface area contributed by atoms with Crippen molar-refractivity contribution in [1.82, 2.24) is 29.1 Å². The van der Waals surface area contributed by atoms with Gasteiger partial charge in [0.2, 0.25) is 0 Å². The number of hydrogen-bond acceptors (Lipinski definition) is 6. The molecule has 134 valence electrons. The summed E-state index contributed by atoms with van der Waals surface area (Å²) in [6.07, 6.45) is 3.09. The van der Waals surface area contributed by atoms with Crippen LogP contribution in [0.15, 0.2) is 24.3 Å². The standard InChI is InChI=1S/C18H20N6OS/c1-11-16(22-26-21-11)10-24-12(2)17(20-23-24)18(25)19-15-9-5-7-13-6-3-4-8-14(13)15/h3-4,6,8,15H,5,7,9-10H2,1-2H3,(H,19,25). The van der Waals surface area contributed by atoms with Gasteiger partial charge < -0.3 is 5.32 Å². The zero-order chi connectivity index (χ0) is 18.1. The quantitative estimate of drug-likeness (QED) is 0.765. The van der Waals surface area contributed by atoms with E-state index in [1.807, 2.05) is 26.0 Å². The fraction of sp³-hybridized carbons (Fsp3) is 0.389. The van der Waals surface area contributed by atoms with Crippen LogP contribution in [-0.4, -0.2) is 29.6 Å². The molecule has 0 saturated carbocycles. The van der Waals surface area contributed by atoms with E-state index in [1.165, 1.54) is 22.9 Å². The van der Waals surface area contributed by atoms with Crippen LogP contribution in [0, 0.1) is 13.8 Å². The number of rotatable bonds is 4. The predicted octanol–water partition coefficient (Wildman–Crippen LogP) is 2.60. The number of carbonyl (C=O) groups is 1. The van der Waals surface area contributed by atoms with Crippen molar-refractivity contribution in [3.8, 4) is 0 Å². The fourth-order valence-electron chi connectivity index (χ4n) is 3.39. The number of nitrogens with zero attached hydrogens (tertiary/aromatic N) is 5. The Labute approximate surface area is 155 Å². The van der Waals surface area contributed by atoms with Gasteiger partial charge in [-0.05, 0) is 44.2 Å². The van der Waals surface area contributed by atoms with Crippen LogP contribution in [0.4, 0.5) is 0 Å². The molecule has 2 heterocycles. The summed E-state index contributed by atoms with van der Waals surface area (Å²) in [6.45, 7) is 4.25. The molecule has 1 aliphatic carbocycles. The summed E-state index contributed by atoms with van der Waals surface area (Å²) in [4.78, 5) is 12.8. The Morgan fingerprint density at radius 3 is 2.96 bits per heavy atom. The second kappa shape index (κ2) is 6.95. The Bertz CT molecular complexity index is 947. The molecule has 3 aromatic rings. The van der Waals surface area contributed by atoms with Crippen LogP contribution in [0.3, 0.4) is 0 Å². The molecule has 1 amide bonds. The first kappa shape index (κ1) is 16.8. The largest absolute Gasteiger partial charge is 0.344 e. The predicted molar refractivity (Wildman–Crippen MR) is 98.1 cm³/mol. The van der Waals surface area contributed by atoms with Crippen molar-refractivity contribution in [2.75, 3.05) is 0 Å². The molecule has 1 aliphatic rings. The van der Waals surface area contributed by atoms with Gasteiger partial charge in [-0.15, -0.1) is 5.10 Å². The first-order chi connectivity index (χ1) is 12.6. The van der Waals surface area contributed by atoms with Crippen LogP contribution < -0.4 is 5.32 Å². The Morgan fingerprint density at radius 1 is 1.31 bits per heavy atom. The van der Waals surface area contributed by atoms with Gasteiger partial charge in [0.15, 0.2) is 5.69 Å². The van der Waals surface area contributed by atoms with Gasteiger partial charge in [-0.3, -0.25) is 4.79 Å². The number of fused-ring (bicyclic) bond motifs is 1. The summed E-state index contributed by atoms with van der Waals surface area (Å²) in [7, 11) is 0. The average molecular weight is 368 g/mol. The number of aryl methyl sites for hydroxylation is 2. The molecular weight excluding hydrogens is 348 g/mol. The Morgan fingerprint density at radius 2 is 2.15 bits per heavy atom. The first-order valence-electron chi connectivity index (χ1n) is 8.70. The molecule has 8 heteroatoms. The van der Waals surface area contributed by atoms with Crippen molar-refractivity contribution in [2.24, 2.45) is 0 Å². The number of aromatic nitrogens is 5. The van der Waals surface area contributed by atoms with Crippen LogP contribution >= 0.6 is 11.7 Å². The first-order valence-corrected chi connectivity index (χ1v) is 9.43. The van der Waals surface area contributed by atoms with E-state index in [2.05, 4.69) is 36.5 Å². The molecule has 0 fully saturated rings. The SMILES string of the molecule is Cc1nsnc1Cn1nnc(C(=O)NC2CCCc3ccccc32)c1C. The lowest BCUT2D eigenvalue weighted by atomic mass is 9.87. The van der Waals surface area contributed by atoms with E-state index in [4.69, 9.17) is 0 Å². The summed E-state index contributed by atoms with van der Waals surface area (Å²) < 4.78 is 10.1. The lowest BCUT2D eigenvalue weighted by Gasteiger charge is -2.26. The van der Waals surface area contributed by atoms with Gasteiger partial charge in [-0.1, -0.05) is 29.5 Å². The van der Waals surface area contributed by atoms with Crippen molar-refractivity contribution < 1.29 is 4.79 Å². The number of amides is 1. The summed E-state index contributed by atoms with van der Waals surface area (Å²) in [6, 6.07) is 8.34. The van der Waals surface area contributed by atoms with Crippen LogP contribution in [-0.2, 0) is 13.0 Å². The summed E-state index contributed by atoms with van der Waals surface area (Å²) in [5.41, 5.74) is 5.37. The number of carbonyl (C=O) groups excluding carboxylic acids is 1. The molecule has 0 spiro atoms. The molecule has 0 radical (unpaired) electrons. The molecule has 26 heavy (non-hydrogen) atoms. The van der Waals surface area contributed by atoms with Crippen LogP contribution in [0.5, 0.6) is 0 Å². The highest BCUT2D eigenvalue weighted by Crippen LogP contribution is 2.29. The van der Waals surface area contributed by atoms with Crippen LogP contribution in [0.1, 0.15) is 57.6 Å². The molecular formula is C18H20N6OS. The Kier molecular flexibility index (Phi) is 4.50. The van der Waals surface area contributed by atoms with E-state index in [-0.39, 0.29) is 11.9 Å². The monoisotopic (exact) mass is 368 g/mol. The number of benzene rings is 1. The highest BCUT2D eigenvalue weighted by molar-refractivity contribution is 6.99. The fourth-order valence-corrected chi connectivity index (χ4v) is 3.94. The van der Waals surface area contributed by atoms with E-state index >= 15 is 0 Å². The normalized spacial score (nSPS) is 16.3. The number of hydrogen-bond donors (Lipinski definition) is 1. The molecule has 1 unspecified atom stereocenters. The van der Waals surface area contributed by atoms with Crippen LogP contribution in [0.25, 0.3) is 0 Å². The zero-order valence-electron chi connectivity index (χ0n) is 14.8. The Balaban J connectivity index is 1.52. The average Bonchev–Trinajstić information content (AvgIpc) is 3.22. The van der Waals surface area contributed by atoms with E-state index in [9.17, 15) is 4.79 Å². The lowest BCUT2D eigenvalue weighted by Crippen LogP contribution is -2.31. The molecule has 2 aromatic heterocycles. The van der Waals surface area contributed by atoms with Crippen molar-refractivity contribution in [2.45, 2.75) is 45.7 Å². The highest BCUT2D eigenvalue weighted by Gasteiger charge is 2.24. The van der Waals surface area contributed by atoms with E-state index in [1.54, 1.807) is 4.68 Å². The molecule has 0 saturated heterocycles. The summed E-state index contributed by atoms with van der Waals surface area (Å²) in [5, 5.41) is 11.4. The van der Waals surface area contributed by atoms with Crippen molar-refractivity contribution >= 4 is 17.6 Å². The smallest absolute Gasteiger partial charge is 0.274 e. The highest BCUT2D eigenvalue weighted by atomic mass is 32.1. The second-order valence-electron chi connectivity index (χ2n) is 6.59. The third kappa shape index (κ3) is 3.12. The minimum Gasteiger partial charge on any atom is -0.344 e. The third-order valence-corrected chi connectivity index (χ3v) is 5.58. The molecule has 1 aromatic carbocycles. The lowest BCUT2D eigenvalue weighted by molar-refractivity contribution is 0.0927. The topological polar surface area (TPSA) is 85.6 Å². The maximum atomic E-state index is 12.8. The maximum absolute atomic E-state index is 12.8. The van der Waals surface area contributed by atoms with E-state index < -0.39 is 0 Å².